The van der Waals surface area contributed by atoms with E-state index >= 15 is 0 Å². The molecule has 0 aromatic carbocycles. The van der Waals surface area contributed by atoms with Crippen molar-refractivity contribution in [2.75, 3.05) is 0 Å². The van der Waals surface area contributed by atoms with Crippen molar-refractivity contribution in [3.8, 4) is 0 Å². The van der Waals surface area contributed by atoms with Crippen molar-refractivity contribution in [3.05, 3.63) is 24.8 Å². The minimum absolute atomic E-state index is 0.391. The summed E-state index contributed by atoms with van der Waals surface area (Å²) in [6.07, 6.45) is 4.49. The van der Waals surface area contributed by atoms with Crippen LogP contribution < -0.4 is 0 Å². The van der Waals surface area contributed by atoms with Crippen LogP contribution in [-0.4, -0.2) is 22.8 Å². The van der Waals surface area contributed by atoms with Crippen LogP contribution in [0.2, 0.25) is 0 Å². The van der Waals surface area contributed by atoms with Crippen LogP contribution in [0, 0.1) is 5.92 Å². The molecule has 0 spiro atoms. The zero-order valence-electron chi connectivity index (χ0n) is 10.6. The lowest BCUT2D eigenvalue weighted by Crippen LogP contribution is -2.34. The molecule has 0 amide bonds. The Bertz CT molecular complexity index is 261. The molecule has 0 aliphatic rings. The number of carbonyl (C=O) groups excluding carboxylic acids is 1. The maximum atomic E-state index is 11.8. The van der Waals surface area contributed by atoms with Crippen molar-refractivity contribution in [2.45, 2.75) is 45.8 Å². The molecule has 0 radical (unpaired) electrons. The molecule has 0 aromatic rings. The fourth-order valence-electron chi connectivity index (χ4n) is 1.26. The van der Waals surface area contributed by atoms with Gasteiger partial charge in [-0.2, -0.15) is 0 Å². The summed E-state index contributed by atoms with van der Waals surface area (Å²) in [6.45, 7) is 10.8. The molecule has 0 aliphatic carbocycles. The number of hydrogen-bond donors (Lipinski definition) is 1. The minimum Gasteiger partial charge on any atom is -0.460 e. The number of allylic oxidation sites excluding steroid dienone is 2. The highest BCUT2D eigenvalue weighted by Gasteiger charge is 2.28. The number of rotatable bonds is 5. The molecule has 2 atom stereocenters. The number of ether oxygens (including phenoxy) is 1. The lowest BCUT2D eigenvalue weighted by Gasteiger charge is -2.25. The van der Waals surface area contributed by atoms with Crippen LogP contribution in [0.25, 0.3) is 0 Å². The standard InChI is InChI=1S/C13H22O3/c1-6-8-10(11(14)9-7-2)12(15)16-13(3,4)5/h6-7,9-11,14H,1,8H2,2-5H3. The molecule has 3 nitrogen and oxygen atoms in total. The van der Waals surface area contributed by atoms with Crippen molar-refractivity contribution >= 4 is 5.97 Å². The third-order valence-corrected chi connectivity index (χ3v) is 1.93. The largest absolute Gasteiger partial charge is 0.460 e. The molecule has 0 aromatic heterocycles. The number of hydrogen-bond acceptors (Lipinski definition) is 3. The average Bonchev–Trinajstić information content (AvgIpc) is 2.11. The monoisotopic (exact) mass is 226 g/mol. The highest BCUT2D eigenvalue weighted by atomic mass is 16.6. The molecule has 0 saturated heterocycles. The molecule has 0 fully saturated rings. The SMILES string of the molecule is C=CCC(C(=O)OC(C)(C)C)C(O)C=CC. The number of aliphatic hydroxyl groups excluding tert-OH is 1. The minimum atomic E-state index is -0.821. The third-order valence-electron chi connectivity index (χ3n) is 1.93. The van der Waals surface area contributed by atoms with E-state index in [9.17, 15) is 9.90 Å². The first-order valence-electron chi connectivity index (χ1n) is 5.46. The second-order valence-corrected chi connectivity index (χ2v) is 4.68. The van der Waals surface area contributed by atoms with E-state index in [4.69, 9.17) is 4.74 Å². The van der Waals surface area contributed by atoms with Gasteiger partial charge in [-0.15, -0.1) is 6.58 Å². The number of aliphatic hydroxyl groups is 1. The van der Waals surface area contributed by atoms with Crippen LogP contribution in [0.1, 0.15) is 34.1 Å². The summed E-state index contributed by atoms with van der Waals surface area (Å²) in [4.78, 5) is 11.8. The average molecular weight is 226 g/mol. The van der Waals surface area contributed by atoms with Gasteiger partial charge in [0.2, 0.25) is 0 Å². The van der Waals surface area contributed by atoms with Crippen molar-refractivity contribution in [2.24, 2.45) is 5.92 Å². The first-order valence-corrected chi connectivity index (χ1v) is 5.46. The topological polar surface area (TPSA) is 46.5 Å². The second-order valence-electron chi connectivity index (χ2n) is 4.68. The number of carbonyl (C=O) groups is 1. The summed E-state index contributed by atoms with van der Waals surface area (Å²) in [6, 6.07) is 0. The van der Waals surface area contributed by atoms with Crippen LogP contribution in [-0.2, 0) is 9.53 Å². The Hall–Kier alpha value is -1.09. The molecule has 2 unspecified atom stereocenters. The predicted molar refractivity (Wildman–Crippen MR) is 65.0 cm³/mol. The molecule has 1 N–H and O–H groups in total. The van der Waals surface area contributed by atoms with Crippen LogP contribution in [0.5, 0.6) is 0 Å². The highest BCUT2D eigenvalue weighted by Crippen LogP contribution is 2.18. The van der Waals surface area contributed by atoms with E-state index in [1.54, 1.807) is 45.9 Å². The van der Waals surface area contributed by atoms with Crippen LogP contribution in [0.4, 0.5) is 0 Å². The molecule has 0 heterocycles. The molecule has 3 heteroatoms. The molecule has 16 heavy (non-hydrogen) atoms. The van der Waals surface area contributed by atoms with Crippen molar-refractivity contribution in [3.63, 3.8) is 0 Å². The summed E-state index contributed by atoms with van der Waals surface area (Å²) in [5.41, 5.74) is -0.536. The van der Waals surface area contributed by atoms with E-state index in [0.29, 0.717) is 6.42 Å². The van der Waals surface area contributed by atoms with Gasteiger partial charge in [-0.05, 0) is 34.1 Å². The first-order chi connectivity index (χ1) is 7.31. The van der Waals surface area contributed by atoms with E-state index in [-0.39, 0.29) is 0 Å². The highest BCUT2D eigenvalue weighted by molar-refractivity contribution is 5.74. The van der Waals surface area contributed by atoms with Crippen molar-refractivity contribution in [1.29, 1.82) is 0 Å². The van der Waals surface area contributed by atoms with Gasteiger partial charge in [-0.3, -0.25) is 4.79 Å². The summed E-state index contributed by atoms with van der Waals surface area (Å²) < 4.78 is 5.24. The third kappa shape index (κ3) is 5.71. The van der Waals surface area contributed by atoms with Gasteiger partial charge in [-0.25, -0.2) is 0 Å². The fraction of sp³-hybridized carbons (Fsp3) is 0.615. The molecular weight excluding hydrogens is 204 g/mol. The van der Waals surface area contributed by atoms with E-state index < -0.39 is 23.6 Å². The smallest absolute Gasteiger partial charge is 0.312 e. The van der Waals surface area contributed by atoms with Gasteiger partial charge in [0.1, 0.15) is 5.60 Å². The Labute approximate surface area is 97.8 Å². The van der Waals surface area contributed by atoms with Crippen molar-refractivity contribution in [1.82, 2.24) is 0 Å². The summed E-state index contributed by atoms with van der Waals surface area (Å²) in [5, 5.41) is 9.77. The van der Waals surface area contributed by atoms with E-state index in [0.717, 1.165) is 0 Å². The molecule has 92 valence electrons. The Kier molecular flexibility index (Phi) is 6.04. The van der Waals surface area contributed by atoms with E-state index in [1.165, 1.54) is 0 Å². The quantitative estimate of drug-likeness (QED) is 0.578. The van der Waals surface area contributed by atoms with E-state index in [1.807, 2.05) is 0 Å². The molecule has 0 saturated carbocycles. The van der Waals surface area contributed by atoms with Gasteiger partial charge in [0.15, 0.2) is 0 Å². The molecule has 0 rings (SSSR count). The van der Waals surface area contributed by atoms with Crippen LogP contribution in [0.15, 0.2) is 24.8 Å². The zero-order valence-corrected chi connectivity index (χ0v) is 10.6. The zero-order chi connectivity index (χ0) is 12.8. The van der Waals surface area contributed by atoms with Gasteiger partial charge in [0, 0.05) is 0 Å². The van der Waals surface area contributed by atoms with Gasteiger partial charge in [-0.1, -0.05) is 18.2 Å². The summed E-state index contributed by atoms with van der Waals surface area (Å²) >= 11 is 0. The molecule has 0 aliphatic heterocycles. The normalized spacial score (nSPS) is 15.8. The lowest BCUT2D eigenvalue weighted by atomic mass is 9.98. The van der Waals surface area contributed by atoms with Gasteiger partial charge >= 0.3 is 5.97 Å². The lowest BCUT2D eigenvalue weighted by molar-refractivity contribution is -0.162. The van der Waals surface area contributed by atoms with Crippen molar-refractivity contribution < 1.29 is 14.6 Å². The Balaban J connectivity index is 4.64. The second kappa shape index (κ2) is 6.48. The Morgan fingerprint density at radius 3 is 2.44 bits per heavy atom. The number of esters is 1. The van der Waals surface area contributed by atoms with Crippen LogP contribution >= 0.6 is 0 Å². The molecule has 0 bridgehead atoms. The van der Waals surface area contributed by atoms with Gasteiger partial charge in [0.25, 0.3) is 0 Å². The summed E-state index contributed by atoms with van der Waals surface area (Å²) in [5.74, 6) is -0.967. The fourth-order valence-corrected chi connectivity index (χ4v) is 1.26. The van der Waals surface area contributed by atoms with E-state index in [2.05, 4.69) is 6.58 Å². The maximum Gasteiger partial charge on any atom is 0.312 e. The van der Waals surface area contributed by atoms with Gasteiger partial charge < -0.3 is 9.84 Å². The predicted octanol–water partition coefficient (Wildman–Crippen LogP) is 2.46. The maximum absolute atomic E-state index is 11.8. The molecular formula is C13H22O3. The van der Waals surface area contributed by atoms with Crippen LogP contribution in [0.3, 0.4) is 0 Å². The Morgan fingerprint density at radius 1 is 1.50 bits per heavy atom. The summed E-state index contributed by atoms with van der Waals surface area (Å²) in [7, 11) is 0. The Morgan fingerprint density at radius 2 is 2.06 bits per heavy atom. The van der Waals surface area contributed by atoms with Gasteiger partial charge in [0.05, 0.1) is 12.0 Å². The first kappa shape index (κ1) is 14.9.